The van der Waals surface area contributed by atoms with Gasteiger partial charge in [-0.1, -0.05) is 40.9 Å². The van der Waals surface area contributed by atoms with E-state index in [0.717, 1.165) is 18.4 Å². The van der Waals surface area contributed by atoms with Gasteiger partial charge in [0, 0.05) is 23.1 Å². The van der Waals surface area contributed by atoms with Crippen molar-refractivity contribution in [1.29, 1.82) is 0 Å². The van der Waals surface area contributed by atoms with E-state index in [-0.39, 0.29) is 11.1 Å². The van der Waals surface area contributed by atoms with Crippen molar-refractivity contribution in [1.82, 2.24) is 10.2 Å². The zero-order valence-electron chi connectivity index (χ0n) is 13.2. The number of hydrogen-bond acceptors (Lipinski definition) is 2. The zero-order chi connectivity index (χ0) is 17.7. The SMILES string of the molecule is C/C(N)=N/C(=S)NC(=O)N1CCC(=Cc2ccc(Cl)cc2Cl)CC1. The summed E-state index contributed by atoms with van der Waals surface area (Å²) in [5.41, 5.74) is 7.60. The third-order valence-corrected chi connectivity index (χ3v) is 4.26. The molecule has 0 atom stereocenters. The number of likely N-dealkylation sites (tertiary alicyclic amines) is 1. The van der Waals surface area contributed by atoms with Crippen LogP contribution in [0.1, 0.15) is 25.3 Å². The summed E-state index contributed by atoms with van der Waals surface area (Å²) in [6.07, 6.45) is 3.61. The van der Waals surface area contributed by atoms with Crippen molar-refractivity contribution in [2.24, 2.45) is 10.7 Å². The zero-order valence-corrected chi connectivity index (χ0v) is 15.5. The summed E-state index contributed by atoms with van der Waals surface area (Å²) in [6, 6.07) is 5.17. The number of nitrogens with two attached hydrogens (primary N) is 1. The fourth-order valence-corrected chi connectivity index (χ4v) is 3.03. The quantitative estimate of drug-likeness (QED) is 0.438. The Hall–Kier alpha value is -1.63. The number of amides is 2. The van der Waals surface area contributed by atoms with Gasteiger partial charge in [0.2, 0.25) is 5.11 Å². The van der Waals surface area contributed by atoms with Crippen molar-refractivity contribution in [2.75, 3.05) is 13.1 Å². The molecule has 128 valence electrons. The molecule has 5 nitrogen and oxygen atoms in total. The van der Waals surface area contributed by atoms with Gasteiger partial charge in [0.05, 0.1) is 5.84 Å². The van der Waals surface area contributed by atoms with Crippen molar-refractivity contribution in [3.05, 3.63) is 39.4 Å². The van der Waals surface area contributed by atoms with E-state index in [1.54, 1.807) is 17.9 Å². The average molecular weight is 385 g/mol. The second kappa shape index (κ2) is 8.46. The summed E-state index contributed by atoms with van der Waals surface area (Å²) in [5, 5.41) is 3.87. The first-order valence-corrected chi connectivity index (χ1v) is 8.56. The Morgan fingerprint density at radius 3 is 2.62 bits per heavy atom. The van der Waals surface area contributed by atoms with Gasteiger partial charge in [-0.3, -0.25) is 5.32 Å². The number of hydrogen-bond donors (Lipinski definition) is 2. The van der Waals surface area contributed by atoms with Gasteiger partial charge in [-0.15, -0.1) is 0 Å². The fourth-order valence-electron chi connectivity index (χ4n) is 2.34. The summed E-state index contributed by atoms with van der Waals surface area (Å²) in [5.74, 6) is 0.309. The summed E-state index contributed by atoms with van der Waals surface area (Å²) in [4.78, 5) is 17.6. The molecule has 1 saturated heterocycles. The van der Waals surface area contributed by atoms with Crippen LogP contribution in [0.15, 0.2) is 28.8 Å². The Morgan fingerprint density at radius 2 is 2.04 bits per heavy atom. The van der Waals surface area contributed by atoms with Crippen molar-refractivity contribution >= 4 is 58.5 Å². The topological polar surface area (TPSA) is 70.7 Å². The molecular formula is C16H18Cl2N4OS. The minimum atomic E-state index is -0.256. The van der Waals surface area contributed by atoms with Crippen LogP contribution in [-0.4, -0.2) is 35.0 Å². The van der Waals surface area contributed by atoms with Crippen molar-refractivity contribution in [2.45, 2.75) is 19.8 Å². The molecule has 0 unspecified atom stereocenters. The van der Waals surface area contributed by atoms with Gasteiger partial charge < -0.3 is 10.6 Å². The molecule has 2 amide bonds. The van der Waals surface area contributed by atoms with Crippen LogP contribution in [0, 0.1) is 0 Å². The summed E-state index contributed by atoms with van der Waals surface area (Å²) in [6.45, 7) is 2.83. The van der Waals surface area contributed by atoms with Crippen LogP contribution in [0.3, 0.4) is 0 Å². The normalized spacial score (nSPS) is 15.2. The molecule has 0 spiro atoms. The van der Waals surface area contributed by atoms with E-state index in [4.69, 9.17) is 41.2 Å². The number of benzene rings is 1. The molecule has 0 aromatic heterocycles. The van der Waals surface area contributed by atoms with Crippen LogP contribution in [-0.2, 0) is 0 Å². The van der Waals surface area contributed by atoms with Gasteiger partial charge in [-0.25, -0.2) is 9.79 Å². The van der Waals surface area contributed by atoms with Crippen molar-refractivity contribution < 1.29 is 4.79 Å². The first-order valence-electron chi connectivity index (χ1n) is 7.40. The molecule has 0 bridgehead atoms. The third kappa shape index (κ3) is 5.47. The van der Waals surface area contributed by atoms with Gasteiger partial charge >= 0.3 is 6.03 Å². The number of halogens is 2. The molecule has 1 aromatic rings. The number of nitrogens with zero attached hydrogens (tertiary/aromatic N) is 2. The molecule has 1 heterocycles. The Kier molecular flexibility index (Phi) is 6.60. The third-order valence-electron chi connectivity index (χ3n) is 3.51. The van der Waals surface area contributed by atoms with Crippen molar-refractivity contribution in [3.8, 4) is 0 Å². The van der Waals surface area contributed by atoms with Crippen LogP contribution in [0.5, 0.6) is 0 Å². The highest BCUT2D eigenvalue weighted by atomic mass is 35.5. The fraction of sp³-hybridized carbons (Fsp3) is 0.312. The molecule has 1 aromatic carbocycles. The van der Waals surface area contributed by atoms with E-state index < -0.39 is 0 Å². The Labute approximate surface area is 156 Å². The van der Waals surface area contributed by atoms with Crippen molar-refractivity contribution in [3.63, 3.8) is 0 Å². The lowest BCUT2D eigenvalue weighted by Gasteiger charge is -2.28. The monoisotopic (exact) mass is 384 g/mol. The van der Waals surface area contributed by atoms with E-state index in [9.17, 15) is 4.79 Å². The highest BCUT2D eigenvalue weighted by molar-refractivity contribution is 7.80. The second-order valence-corrected chi connectivity index (χ2v) is 6.67. The lowest BCUT2D eigenvalue weighted by atomic mass is 10.0. The summed E-state index contributed by atoms with van der Waals surface area (Å²) in [7, 11) is 0. The highest BCUT2D eigenvalue weighted by Gasteiger charge is 2.19. The first-order chi connectivity index (χ1) is 11.3. The predicted molar refractivity (Wildman–Crippen MR) is 104 cm³/mol. The van der Waals surface area contributed by atoms with Gasteiger partial charge in [-0.2, -0.15) is 0 Å². The molecule has 0 aliphatic carbocycles. The largest absolute Gasteiger partial charge is 0.387 e. The number of aliphatic imine (C=N–C) groups is 1. The van der Waals surface area contributed by atoms with Crippen LogP contribution in [0.2, 0.25) is 10.0 Å². The van der Waals surface area contributed by atoms with Crippen LogP contribution in [0.4, 0.5) is 4.79 Å². The average Bonchev–Trinajstić information content (AvgIpc) is 2.50. The van der Waals surface area contributed by atoms with Crippen LogP contribution < -0.4 is 11.1 Å². The molecule has 0 radical (unpaired) electrons. The summed E-state index contributed by atoms with van der Waals surface area (Å²) < 4.78 is 0. The van der Waals surface area contributed by atoms with E-state index in [2.05, 4.69) is 16.4 Å². The summed E-state index contributed by atoms with van der Waals surface area (Å²) >= 11 is 17.0. The Bertz CT molecular complexity index is 704. The Balaban J connectivity index is 1.93. The molecule has 1 fully saturated rings. The van der Waals surface area contributed by atoms with Crippen LogP contribution >= 0.6 is 35.4 Å². The number of rotatable bonds is 1. The number of carbonyl (C=O) groups excluding carboxylic acids is 1. The van der Waals surface area contributed by atoms with Gasteiger partial charge in [0.15, 0.2) is 0 Å². The number of urea groups is 1. The maximum atomic E-state index is 12.1. The number of carbonyl (C=O) groups is 1. The molecule has 2 rings (SSSR count). The molecule has 24 heavy (non-hydrogen) atoms. The van der Waals surface area contributed by atoms with E-state index >= 15 is 0 Å². The predicted octanol–water partition coefficient (Wildman–Crippen LogP) is 3.84. The number of thiocarbonyl (C=S) groups is 1. The molecule has 1 aliphatic rings. The first kappa shape index (κ1) is 18.7. The number of piperidine rings is 1. The molecular weight excluding hydrogens is 367 g/mol. The maximum absolute atomic E-state index is 12.1. The molecule has 8 heteroatoms. The number of amidine groups is 1. The lowest BCUT2D eigenvalue weighted by Crippen LogP contribution is -2.44. The lowest BCUT2D eigenvalue weighted by molar-refractivity contribution is 0.199. The minimum Gasteiger partial charge on any atom is -0.387 e. The van der Waals surface area contributed by atoms with E-state index in [1.807, 2.05) is 12.1 Å². The highest BCUT2D eigenvalue weighted by Crippen LogP contribution is 2.26. The Morgan fingerprint density at radius 1 is 1.38 bits per heavy atom. The number of nitrogens with one attached hydrogen (secondary N) is 1. The van der Waals surface area contributed by atoms with Gasteiger partial charge in [0.25, 0.3) is 0 Å². The smallest absolute Gasteiger partial charge is 0.323 e. The second-order valence-electron chi connectivity index (χ2n) is 5.44. The van der Waals surface area contributed by atoms with E-state index in [1.165, 1.54) is 5.57 Å². The minimum absolute atomic E-state index is 0.0780. The van der Waals surface area contributed by atoms with Gasteiger partial charge in [0.1, 0.15) is 0 Å². The molecule has 0 saturated carbocycles. The van der Waals surface area contributed by atoms with Crippen LogP contribution in [0.25, 0.3) is 6.08 Å². The standard InChI is InChI=1S/C16H18Cl2N4OS/c1-10(19)20-15(24)21-16(23)22-6-4-11(5-7-22)8-12-2-3-13(17)9-14(12)18/h2-3,8-9H,4-7H2,1H3,(H3,19,20,21,23,24). The maximum Gasteiger partial charge on any atom is 0.323 e. The molecule has 3 N–H and O–H groups in total. The van der Waals surface area contributed by atoms with E-state index in [0.29, 0.717) is 29.0 Å². The molecule has 1 aliphatic heterocycles. The van der Waals surface area contributed by atoms with Gasteiger partial charge in [-0.05, 0) is 49.7 Å².